The van der Waals surface area contributed by atoms with Gasteiger partial charge in [-0.1, -0.05) is 33.1 Å². The first-order valence-corrected chi connectivity index (χ1v) is 8.75. The molecule has 1 saturated carbocycles. The fourth-order valence-electron chi connectivity index (χ4n) is 4.32. The van der Waals surface area contributed by atoms with Gasteiger partial charge in [0.15, 0.2) is 0 Å². The van der Waals surface area contributed by atoms with Crippen LogP contribution in [0.1, 0.15) is 72.1 Å². The van der Waals surface area contributed by atoms with Gasteiger partial charge in [-0.3, -0.25) is 4.90 Å². The van der Waals surface area contributed by atoms with E-state index in [1.54, 1.807) is 0 Å². The zero-order valence-corrected chi connectivity index (χ0v) is 13.3. The highest BCUT2D eigenvalue weighted by Gasteiger charge is 2.34. The minimum atomic E-state index is 0.773. The average Bonchev–Trinajstić information content (AvgIpc) is 2.45. The number of likely N-dealkylation sites (tertiary alicyclic amines) is 1. The Morgan fingerprint density at radius 3 is 2.58 bits per heavy atom. The van der Waals surface area contributed by atoms with E-state index < -0.39 is 0 Å². The van der Waals surface area contributed by atoms with Gasteiger partial charge in [0.25, 0.3) is 0 Å². The first kappa shape index (κ1) is 15.3. The summed E-state index contributed by atoms with van der Waals surface area (Å²) in [7, 11) is 0. The largest absolute Gasteiger partial charge is 0.314 e. The van der Waals surface area contributed by atoms with Crippen molar-refractivity contribution in [1.29, 1.82) is 0 Å². The second-order valence-electron chi connectivity index (χ2n) is 6.78. The molecule has 1 saturated heterocycles. The minimum Gasteiger partial charge on any atom is -0.314 e. The molecule has 2 aliphatic rings. The third-order valence-electron chi connectivity index (χ3n) is 5.43. The number of hydrogen-bond donors (Lipinski definition) is 1. The van der Waals surface area contributed by atoms with Gasteiger partial charge in [0.1, 0.15) is 0 Å². The number of hydrogen-bond acceptors (Lipinski definition) is 2. The van der Waals surface area contributed by atoms with Gasteiger partial charge in [0.05, 0.1) is 0 Å². The Morgan fingerprint density at radius 1 is 1.11 bits per heavy atom. The van der Waals surface area contributed by atoms with Gasteiger partial charge in [-0.25, -0.2) is 0 Å². The SMILES string of the molecule is CCCNC1CCN(C2CCCCC2CC)C(C)C1. The summed E-state index contributed by atoms with van der Waals surface area (Å²) in [5.41, 5.74) is 0. The first-order chi connectivity index (χ1) is 9.26. The standard InChI is InChI=1S/C17H34N2/c1-4-11-18-16-10-12-19(14(3)13-16)17-9-7-6-8-15(17)5-2/h14-18H,4-13H2,1-3H3. The van der Waals surface area contributed by atoms with Gasteiger partial charge in [0, 0.05) is 24.7 Å². The molecule has 19 heavy (non-hydrogen) atoms. The normalized spacial score (nSPS) is 37.4. The van der Waals surface area contributed by atoms with Crippen molar-refractivity contribution in [1.82, 2.24) is 10.2 Å². The van der Waals surface area contributed by atoms with Crippen LogP contribution in [0.5, 0.6) is 0 Å². The summed E-state index contributed by atoms with van der Waals surface area (Å²) in [5, 5.41) is 3.72. The van der Waals surface area contributed by atoms with E-state index in [-0.39, 0.29) is 0 Å². The molecule has 1 heterocycles. The van der Waals surface area contributed by atoms with Gasteiger partial charge in [-0.05, 0) is 51.5 Å². The molecule has 2 nitrogen and oxygen atoms in total. The molecule has 0 radical (unpaired) electrons. The molecular formula is C17H34N2. The molecular weight excluding hydrogens is 232 g/mol. The Morgan fingerprint density at radius 2 is 1.89 bits per heavy atom. The van der Waals surface area contributed by atoms with Crippen molar-refractivity contribution in [2.45, 2.75) is 90.3 Å². The lowest BCUT2D eigenvalue weighted by atomic mass is 9.80. The molecule has 4 unspecified atom stereocenters. The van der Waals surface area contributed by atoms with E-state index in [4.69, 9.17) is 0 Å². The van der Waals surface area contributed by atoms with Crippen LogP contribution < -0.4 is 5.32 Å². The molecule has 1 aliphatic heterocycles. The third kappa shape index (κ3) is 3.95. The Kier molecular flexibility index (Phi) is 6.15. The first-order valence-electron chi connectivity index (χ1n) is 8.75. The Labute approximate surface area is 120 Å². The quantitative estimate of drug-likeness (QED) is 0.814. The van der Waals surface area contributed by atoms with E-state index in [0.29, 0.717) is 0 Å². The smallest absolute Gasteiger partial charge is 0.0126 e. The fourth-order valence-corrected chi connectivity index (χ4v) is 4.32. The van der Waals surface area contributed by atoms with Crippen LogP contribution in [0.2, 0.25) is 0 Å². The number of piperidine rings is 1. The summed E-state index contributed by atoms with van der Waals surface area (Å²) >= 11 is 0. The van der Waals surface area contributed by atoms with Crippen molar-refractivity contribution in [3.63, 3.8) is 0 Å². The highest BCUT2D eigenvalue weighted by Crippen LogP contribution is 2.34. The van der Waals surface area contributed by atoms with Crippen LogP contribution in [0.4, 0.5) is 0 Å². The maximum atomic E-state index is 3.72. The Hall–Kier alpha value is -0.0800. The monoisotopic (exact) mass is 266 g/mol. The van der Waals surface area contributed by atoms with Gasteiger partial charge in [-0.2, -0.15) is 0 Å². The lowest BCUT2D eigenvalue weighted by Gasteiger charge is -2.47. The van der Waals surface area contributed by atoms with Crippen molar-refractivity contribution in [2.24, 2.45) is 5.92 Å². The maximum Gasteiger partial charge on any atom is 0.0126 e. The van der Waals surface area contributed by atoms with E-state index in [2.05, 4.69) is 31.0 Å². The summed E-state index contributed by atoms with van der Waals surface area (Å²) in [4.78, 5) is 2.86. The molecule has 0 amide bonds. The average molecular weight is 266 g/mol. The van der Waals surface area contributed by atoms with E-state index >= 15 is 0 Å². The summed E-state index contributed by atoms with van der Waals surface area (Å²) in [5.74, 6) is 0.969. The fraction of sp³-hybridized carbons (Fsp3) is 1.00. The van der Waals surface area contributed by atoms with E-state index in [1.807, 2.05) is 0 Å². The van der Waals surface area contributed by atoms with Gasteiger partial charge < -0.3 is 5.32 Å². The topological polar surface area (TPSA) is 15.3 Å². The van der Waals surface area contributed by atoms with Crippen molar-refractivity contribution in [2.75, 3.05) is 13.1 Å². The second kappa shape index (κ2) is 7.64. The summed E-state index contributed by atoms with van der Waals surface area (Å²) < 4.78 is 0. The summed E-state index contributed by atoms with van der Waals surface area (Å²) in [6.07, 6.45) is 11.2. The van der Waals surface area contributed by atoms with Crippen molar-refractivity contribution in [3.05, 3.63) is 0 Å². The molecule has 0 aromatic heterocycles. The molecule has 0 aromatic rings. The predicted octanol–water partition coefficient (Wildman–Crippen LogP) is 3.81. The summed E-state index contributed by atoms with van der Waals surface area (Å²) in [6.45, 7) is 9.63. The minimum absolute atomic E-state index is 0.773. The lowest BCUT2D eigenvalue weighted by molar-refractivity contribution is 0.0344. The summed E-state index contributed by atoms with van der Waals surface area (Å²) in [6, 6.07) is 2.44. The van der Waals surface area contributed by atoms with E-state index in [9.17, 15) is 0 Å². The molecule has 0 aromatic carbocycles. The van der Waals surface area contributed by atoms with Crippen LogP contribution >= 0.6 is 0 Å². The van der Waals surface area contributed by atoms with Crippen molar-refractivity contribution < 1.29 is 0 Å². The zero-order chi connectivity index (χ0) is 13.7. The van der Waals surface area contributed by atoms with Crippen LogP contribution in [0.3, 0.4) is 0 Å². The number of nitrogens with zero attached hydrogens (tertiary/aromatic N) is 1. The van der Waals surface area contributed by atoms with Gasteiger partial charge in [-0.15, -0.1) is 0 Å². The second-order valence-corrected chi connectivity index (χ2v) is 6.78. The van der Waals surface area contributed by atoms with Gasteiger partial charge in [0.2, 0.25) is 0 Å². The zero-order valence-electron chi connectivity index (χ0n) is 13.3. The van der Waals surface area contributed by atoms with Crippen molar-refractivity contribution >= 4 is 0 Å². The molecule has 2 heteroatoms. The highest BCUT2D eigenvalue weighted by molar-refractivity contribution is 4.90. The van der Waals surface area contributed by atoms with Crippen LogP contribution in [0.25, 0.3) is 0 Å². The molecule has 1 aliphatic carbocycles. The molecule has 0 spiro atoms. The van der Waals surface area contributed by atoms with E-state index in [0.717, 1.165) is 24.0 Å². The molecule has 1 N–H and O–H groups in total. The third-order valence-corrected chi connectivity index (χ3v) is 5.43. The maximum absolute atomic E-state index is 3.72. The van der Waals surface area contributed by atoms with Crippen LogP contribution in [-0.2, 0) is 0 Å². The molecule has 112 valence electrons. The predicted molar refractivity (Wildman–Crippen MR) is 83.5 cm³/mol. The number of rotatable bonds is 5. The highest BCUT2D eigenvalue weighted by atomic mass is 15.2. The van der Waals surface area contributed by atoms with Crippen LogP contribution in [0.15, 0.2) is 0 Å². The van der Waals surface area contributed by atoms with Crippen molar-refractivity contribution in [3.8, 4) is 0 Å². The number of nitrogens with one attached hydrogen (secondary N) is 1. The van der Waals surface area contributed by atoms with Gasteiger partial charge >= 0.3 is 0 Å². The molecule has 2 fully saturated rings. The van der Waals surface area contributed by atoms with E-state index in [1.165, 1.54) is 64.5 Å². The lowest BCUT2D eigenvalue weighted by Crippen LogP contribution is -2.54. The Balaban J connectivity index is 1.87. The Bertz CT molecular complexity index is 254. The van der Waals surface area contributed by atoms with Crippen LogP contribution in [0, 0.1) is 5.92 Å². The molecule has 4 atom stereocenters. The molecule has 0 bridgehead atoms. The molecule has 2 rings (SSSR count). The van der Waals surface area contributed by atoms with Crippen LogP contribution in [-0.4, -0.2) is 36.1 Å².